The van der Waals surface area contributed by atoms with E-state index in [-0.39, 0.29) is 0 Å². The molecule has 0 fully saturated rings. The van der Waals surface area contributed by atoms with Gasteiger partial charge in [-0.3, -0.25) is 0 Å². The second-order valence-corrected chi connectivity index (χ2v) is 11.7. The molecular weight excluding hydrogens is 573 g/mol. The number of hydrogen-bond acceptors (Lipinski definition) is 4. The van der Waals surface area contributed by atoms with Crippen LogP contribution < -0.4 is 4.90 Å². The number of para-hydroxylation sites is 1. The fraction of sp³-hybridized carbons (Fsp3) is 0. The molecule has 220 valence electrons. The van der Waals surface area contributed by atoms with E-state index in [0.717, 1.165) is 33.8 Å². The maximum absolute atomic E-state index is 5.03. The van der Waals surface area contributed by atoms with Gasteiger partial charge in [0.15, 0.2) is 17.5 Å². The molecule has 1 aliphatic rings. The highest BCUT2D eigenvalue weighted by molar-refractivity contribution is 6.17. The third-order valence-corrected chi connectivity index (χ3v) is 8.85. The number of rotatable bonds is 5. The van der Waals surface area contributed by atoms with Gasteiger partial charge in [0.05, 0.1) is 11.4 Å². The molecule has 4 heteroatoms. The molecule has 9 rings (SSSR count). The van der Waals surface area contributed by atoms with Crippen molar-refractivity contribution < 1.29 is 0 Å². The minimum atomic E-state index is 0.636. The zero-order chi connectivity index (χ0) is 31.2. The predicted molar refractivity (Wildman–Crippen MR) is 193 cm³/mol. The first kappa shape index (κ1) is 27.0. The van der Waals surface area contributed by atoms with Crippen molar-refractivity contribution in [2.75, 3.05) is 4.90 Å². The summed E-state index contributed by atoms with van der Waals surface area (Å²) in [5, 5.41) is 2.48. The van der Waals surface area contributed by atoms with Gasteiger partial charge in [-0.2, -0.15) is 0 Å². The van der Waals surface area contributed by atoms with Gasteiger partial charge in [0.1, 0.15) is 0 Å². The molecule has 0 aliphatic carbocycles. The summed E-state index contributed by atoms with van der Waals surface area (Å²) < 4.78 is 0. The third-order valence-electron chi connectivity index (χ3n) is 8.85. The van der Waals surface area contributed by atoms with Crippen LogP contribution in [0.2, 0.25) is 0 Å². The van der Waals surface area contributed by atoms with E-state index in [4.69, 9.17) is 15.0 Å². The van der Waals surface area contributed by atoms with Gasteiger partial charge in [0, 0.05) is 33.3 Å². The summed E-state index contributed by atoms with van der Waals surface area (Å²) in [6.45, 7) is 0. The SMILES string of the molecule is c1ccc(-c2nc(-c3ccccc3)nc(-c3ccc4c(c3)N(c3ccccc3)c3ccc(-c5ccccc5)c5cccc-4c35)n2)cc1. The highest BCUT2D eigenvalue weighted by Crippen LogP contribution is 2.53. The van der Waals surface area contributed by atoms with Crippen molar-refractivity contribution in [3.63, 3.8) is 0 Å². The molecule has 8 aromatic rings. The maximum Gasteiger partial charge on any atom is 0.164 e. The zero-order valence-electron chi connectivity index (χ0n) is 25.5. The summed E-state index contributed by atoms with van der Waals surface area (Å²) in [4.78, 5) is 17.3. The van der Waals surface area contributed by atoms with E-state index in [2.05, 4.69) is 114 Å². The summed E-state index contributed by atoms with van der Waals surface area (Å²) in [5.41, 5.74) is 11.0. The van der Waals surface area contributed by atoms with Gasteiger partial charge in [-0.25, -0.2) is 15.0 Å². The molecule has 0 atom stereocenters. The van der Waals surface area contributed by atoms with E-state index in [1.165, 1.54) is 33.0 Å². The second kappa shape index (κ2) is 11.2. The molecule has 7 aromatic carbocycles. The minimum Gasteiger partial charge on any atom is -0.309 e. The Hall–Kier alpha value is -6.39. The molecule has 0 radical (unpaired) electrons. The first-order valence-electron chi connectivity index (χ1n) is 15.8. The minimum absolute atomic E-state index is 0.636. The Labute approximate surface area is 273 Å². The van der Waals surface area contributed by atoms with E-state index < -0.39 is 0 Å². The molecule has 2 heterocycles. The van der Waals surface area contributed by atoms with Crippen molar-refractivity contribution in [3.05, 3.63) is 170 Å². The molecular formula is C43H28N4. The van der Waals surface area contributed by atoms with Crippen LogP contribution in [0.5, 0.6) is 0 Å². The number of benzene rings is 7. The summed E-state index contributed by atoms with van der Waals surface area (Å²) in [5.74, 6) is 1.93. The van der Waals surface area contributed by atoms with E-state index in [1.807, 2.05) is 60.7 Å². The maximum atomic E-state index is 5.03. The van der Waals surface area contributed by atoms with Gasteiger partial charge in [0.25, 0.3) is 0 Å². The van der Waals surface area contributed by atoms with Gasteiger partial charge in [-0.15, -0.1) is 0 Å². The normalized spacial score (nSPS) is 11.8. The van der Waals surface area contributed by atoms with Crippen LogP contribution in [-0.4, -0.2) is 15.0 Å². The molecule has 0 saturated heterocycles. The standard InChI is InChI=1S/C43H28N4/c1-5-14-29(15-6-1)34-26-27-38-40-36(34)22-13-23-37(40)35-25-24-32(28-39(35)47(38)33-20-11-4-12-21-33)43-45-41(30-16-7-2-8-17-30)44-42(46-43)31-18-9-3-10-19-31/h1-28H. The molecule has 0 saturated carbocycles. The monoisotopic (exact) mass is 600 g/mol. The molecule has 1 aliphatic heterocycles. The van der Waals surface area contributed by atoms with E-state index >= 15 is 0 Å². The summed E-state index contributed by atoms with van der Waals surface area (Å²) >= 11 is 0. The summed E-state index contributed by atoms with van der Waals surface area (Å²) in [7, 11) is 0. The topological polar surface area (TPSA) is 41.9 Å². The van der Waals surface area contributed by atoms with Gasteiger partial charge < -0.3 is 4.90 Å². The fourth-order valence-electron chi connectivity index (χ4n) is 6.67. The number of nitrogens with zero attached hydrogens (tertiary/aromatic N) is 4. The first-order valence-corrected chi connectivity index (χ1v) is 15.8. The fourth-order valence-corrected chi connectivity index (χ4v) is 6.67. The molecule has 0 unspecified atom stereocenters. The smallest absolute Gasteiger partial charge is 0.164 e. The van der Waals surface area contributed by atoms with Crippen molar-refractivity contribution in [2.24, 2.45) is 0 Å². The van der Waals surface area contributed by atoms with Gasteiger partial charge in [-0.1, -0.05) is 146 Å². The lowest BCUT2D eigenvalue weighted by Gasteiger charge is -2.34. The highest BCUT2D eigenvalue weighted by Gasteiger charge is 2.28. The van der Waals surface area contributed by atoms with Crippen LogP contribution in [0.3, 0.4) is 0 Å². The Morgan fingerprint density at radius 2 is 0.872 bits per heavy atom. The first-order chi connectivity index (χ1) is 23.3. The quantitative estimate of drug-likeness (QED) is 0.197. The van der Waals surface area contributed by atoms with E-state index in [9.17, 15) is 0 Å². The molecule has 0 N–H and O–H groups in total. The van der Waals surface area contributed by atoms with Crippen LogP contribution in [0, 0.1) is 0 Å². The molecule has 0 amide bonds. The van der Waals surface area contributed by atoms with Gasteiger partial charge in [-0.05, 0) is 46.3 Å². The van der Waals surface area contributed by atoms with Crippen molar-refractivity contribution in [1.29, 1.82) is 0 Å². The number of anilines is 3. The van der Waals surface area contributed by atoms with Crippen LogP contribution in [0.4, 0.5) is 17.1 Å². The van der Waals surface area contributed by atoms with Crippen molar-refractivity contribution in [2.45, 2.75) is 0 Å². The predicted octanol–water partition coefficient (Wildman–Crippen LogP) is 11.1. The number of hydrogen-bond donors (Lipinski definition) is 0. The number of fused-ring (bicyclic) bond motifs is 2. The molecule has 47 heavy (non-hydrogen) atoms. The lowest BCUT2D eigenvalue weighted by Crippen LogP contribution is -2.15. The second-order valence-electron chi connectivity index (χ2n) is 11.7. The van der Waals surface area contributed by atoms with Crippen LogP contribution in [0.25, 0.3) is 67.2 Å². The van der Waals surface area contributed by atoms with Gasteiger partial charge in [0.2, 0.25) is 0 Å². The highest BCUT2D eigenvalue weighted by atomic mass is 15.2. The summed E-state index contributed by atoms with van der Waals surface area (Å²) in [6, 6.07) is 59.2. The largest absolute Gasteiger partial charge is 0.309 e. The van der Waals surface area contributed by atoms with Gasteiger partial charge >= 0.3 is 0 Å². The lowest BCUT2D eigenvalue weighted by atomic mass is 9.87. The van der Waals surface area contributed by atoms with Crippen LogP contribution in [-0.2, 0) is 0 Å². The van der Waals surface area contributed by atoms with Crippen LogP contribution >= 0.6 is 0 Å². The third kappa shape index (κ3) is 4.66. The van der Waals surface area contributed by atoms with Crippen molar-refractivity contribution in [1.82, 2.24) is 15.0 Å². The van der Waals surface area contributed by atoms with Crippen LogP contribution in [0.1, 0.15) is 0 Å². The number of aromatic nitrogens is 3. The lowest BCUT2D eigenvalue weighted by molar-refractivity contribution is 1.07. The molecule has 4 nitrogen and oxygen atoms in total. The average molecular weight is 601 g/mol. The Morgan fingerprint density at radius 1 is 0.340 bits per heavy atom. The van der Waals surface area contributed by atoms with E-state index in [0.29, 0.717) is 17.5 Å². The van der Waals surface area contributed by atoms with Crippen molar-refractivity contribution >= 4 is 27.8 Å². The average Bonchev–Trinajstić information content (AvgIpc) is 3.16. The van der Waals surface area contributed by atoms with E-state index in [1.54, 1.807) is 0 Å². The Balaban J connectivity index is 1.28. The Morgan fingerprint density at radius 3 is 1.49 bits per heavy atom. The zero-order valence-corrected chi connectivity index (χ0v) is 25.5. The molecule has 0 spiro atoms. The molecule has 1 aromatic heterocycles. The van der Waals surface area contributed by atoms with Crippen molar-refractivity contribution in [3.8, 4) is 56.4 Å². The van der Waals surface area contributed by atoms with Crippen LogP contribution in [0.15, 0.2) is 170 Å². The summed E-state index contributed by atoms with van der Waals surface area (Å²) in [6.07, 6.45) is 0. The Kier molecular flexibility index (Phi) is 6.43. The Bertz CT molecular complexity index is 2330. The molecule has 0 bridgehead atoms.